The molecule has 1 aliphatic rings. The summed E-state index contributed by atoms with van der Waals surface area (Å²) in [4.78, 5) is 26.5. The molecule has 2 heterocycles. The van der Waals surface area contributed by atoms with Crippen molar-refractivity contribution in [3.8, 4) is 11.3 Å². The largest absolute Gasteiger partial charge is 0.337 e. The summed E-state index contributed by atoms with van der Waals surface area (Å²) in [6, 6.07) is 16.1. The van der Waals surface area contributed by atoms with Crippen molar-refractivity contribution in [2.45, 2.75) is 33.2 Å². The molecule has 0 unspecified atom stereocenters. The number of rotatable bonds is 5. The molecule has 0 spiro atoms. The number of aromatic amines is 1. The Hall–Kier alpha value is -3.61. The molecule has 4 rings (SSSR count). The van der Waals surface area contributed by atoms with Gasteiger partial charge >= 0.3 is 6.03 Å². The number of H-pyrrole nitrogens is 1. The van der Waals surface area contributed by atoms with Gasteiger partial charge in [0.25, 0.3) is 0 Å². The standard InChI is InChI=1S/C24H27N5O2/c1-16-11-17(2)13-20(12-16)21-14-22(28-27-21)26-23(30)7-9-25-24(31)29-10-8-18-5-3-4-6-19(18)15-29/h3-6,11-14H,7-10,15H2,1-2H3,(H,25,31)(H2,26,27,28,30). The van der Waals surface area contributed by atoms with Crippen molar-refractivity contribution in [3.63, 3.8) is 0 Å². The zero-order chi connectivity index (χ0) is 21.8. The number of fused-ring (bicyclic) bond motifs is 1. The summed E-state index contributed by atoms with van der Waals surface area (Å²) in [5.41, 5.74) is 6.69. The number of benzene rings is 2. The maximum atomic E-state index is 12.4. The first kappa shape index (κ1) is 20.7. The van der Waals surface area contributed by atoms with Crippen molar-refractivity contribution in [2.75, 3.05) is 18.4 Å². The molecule has 2 aromatic carbocycles. The first-order valence-electron chi connectivity index (χ1n) is 10.5. The lowest BCUT2D eigenvalue weighted by Crippen LogP contribution is -2.43. The number of nitrogens with one attached hydrogen (secondary N) is 3. The van der Waals surface area contributed by atoms with Crippen LogP contribution in [0.2, 0.25) is 0 Å². The van der Waals surface area contributed by atoms with E-state index in [2.05, 4.69) is 51.2 Å². The number of nitrogens with zero attached hydrogens (tertiary/aromatic N) is 2. The molecule has 3 amide bonds. The maximum Gasteiger partial charge on any atom is 0.317 e. The second-order valence-electron chi connectivity index (χ2n) is 8.01. The molecular weight excluding hydrogens is 390 g/mol. The van der Waals surface area contributed by atoms with Gasteiger partial charge in [-0.05, 0) is 43.5 Å². The predicted molar refractivity (Wildman–Crippen MR) is 121 cm³/mol. The van der Waals surface area contributed by atoms with Crippen molar-refractivity contribution in [1.82, 2.24) is 20.4 Å². The van der Waals surface area contributed by atoms with E-state index in [0.29, 0.717) is 18.9 Å². The van der Waals surface area contributed by atoms with Crippen molar-refractivity contribution < 1.29 is 9.59 Å². The van der Waals surface area contributed by atoms with Crippen LogP contribution in [0.1, 0.15) is 28.7 Å². The molecule has 0 bridgehead atoms. The summed E-state index contributed by atoms with van der Waals surface area (Å²) < 4.78 is 0. The van der Waals surface area contributed by atoms with Gasteiger partial charge < -0.3 is 15.5 Å². The second-order valence-corrected chi connectivity index (χ2v) is 8.01. The smallest absolute Gasteiger partial charge is 0.317 e. The van der Waals surface area contributed by atoms with Crippen LogP contribution in [0.5, 0.6) is 0 Å². The van der Waals surface area contributed by atoms with Crippen LogP contribution in [0.15, 0.2) is 48.5 Å². The summed E-state index contributed by atoms with van der Waals surface area (Å²) in [6.07, 6.45) is 1.04. The van der Waals surface area contributed by atoms with Crippen LogP contribution < -0.4 is 10.6 Å². The number of hydrogen-bond donors (Lipinski definition) is 3. The minimum atomic E-state index is -0.192. The monoisotopic (exact) mass is 417 g/mol. The van der Waals surface area contributed by atoms with Crippen LogP contribution in [0.3, 0.4) is 0 Å². The molecule has 0 saturated carbocycles. The summed E-state index contributed by atoms with van der Waals surface area (Å²) in [5.74, 6) is 0.279. The van der Waals surface area contributed by atoms with E-state index in [1.165, 1.54) is 22.3 Å². The van der Waals surface area contributed by atoms with Gasteiger partial charge in [0.15, 0.2) is 5.82 Å². The Morgan fingerprint density at radius 2 is 1.81 bits per heavy atom. The van der Waals surface area contributed by atoms with Gasteiger partial charge in [0.1, 0.15) is 0 Å². The van der Waals surface area contributed by atoms with Crippen LogP contribution in [-0.4, -0.2) is 40.1 Å². The van der Waals surface area contributed by atoms with Gasteiger partial charge in [0.05, 0.1) is 5.69 Å². The molecule has 0 fully saturated rings. The lowest BCUT2D eigenvalue weighted by atomic mass is 10.0. The normalized spacial score (nSPS) is 12.9. The molecule has 0 aliphatic carbocycles. The van der Waals surface area contributed by atoms with Crippen LogP contribution in [0.25, 0.3) is 11.3 Å². The van der Waals surface area contributed by atoms with E-state index in [-0.39, 0.29) is 24.9 Å². The van der Waals surface area contributed by atoms with Crippen molar-refractivity contribution in [2.24, 2.45) is 0 Å². The third-order valence-electron chi connectivity index (χ3n) is 5.42. The van der Waals surface area contributed by atoms with E-state index in [1.54, 1.807) is 4.90 Å². The number of urea groups is 1. The van der Waals surface area contributed by atoms with E-state index < -0.39 is 0 Å². The average Bonchev–Trinajstić information content (AvgIpc) is 3.21. The molecular formula is C24H27N5O2. The molecule has 1 aromatic heterocycles. The molecule has 31 heavy (non-hydrogen) atoms. The Bertz CT molecular complexity index is 1080. The lowest BCUT2D eigenvalue weighted by molar-refractivity contribution is -0.116. The van der Waals surface area contributed by atoms with Crippen LogP contribution >= 0.6 is 0 Å². The Morgan fingerprint density at radius 3 is 2.58 bits per heavy atom. The van der Waals surface area contributed by atoms with Gasteiger partial charge in [-0.2, -0.15) is 5.10 Å². The quantitative estimate of drug-likeness (QED) is 0.590. The Balaban J connectivity index is 1.25. The van der Waals surface area contributed by atoms with Crippen LogP contribution in [-0.2, 0) is 17.8 Å². The zero-order valence-electron chi connectivity index (χ0n) is 17.9. The van der Waals surface area contributed by atoms with E-state index in [4.69, 9.17) is 0 Å². The highest BCUT2D eigenvalue weighted by Crippen LogP contribution is 2.22. The van der Waals surface area contributed by atoms with Gasteiger partial charge in [-0.25, -0.2) is 4.79 Å². The van der Waals surface area contributed by atoms with Gasteiger partial charge in [-0.1, -0.05) is 41.5 Å². The van der Waals surface area contributed by atoms with E-state index in [0.717, 1.165) is 17.7 Å². The molecule has 160 valence electrons. The van der Waals surface area contributed by atoms with Crippen LogP contribution in [0, 0.1) is 13.8 Å². The number of carbonyl (C=O) groups excluding carboxylic acids is 2. The van der Waals surface area contributed by atoms with E-state index in [1.807, 2.05) is 32.0 Å². The molecule has 7 nitrogen and oxygen atoms in total. The van der Waals surface area contributed by atoms with E-state index >= 15 is 0 Å². The van der Waals surface area contributed by atoms with Crippen molar-refractivity contribution in [1.29, 1.82) is 0 Å². The topological polar surface area (TPSA) is 90.1 Å². The summed E-state index contributed by atoms with van der Waals surface area (Å²) in [7, 11) is 0. The third-order valence-corrected chi connectivity index (χ3v) is 5.42. The van der Waals surface area contributed by atoms with Gasteiger partial charge in [0, 0.05) is 37.7 Å². The first-order chi connectivity index (χ1) is 15.0. The Morgan fingerprint density at radius 1 is 1.06 bits per heavy atom. The molecule has 7 heteroatoms. The summed E-state index contributed by atoms with van der Waals surface area (Å²) >= 11 is 0. The highest BCUT2D eigenvalue weighted by Gasteiger charge is 2.20. The third kappa shape index (κ3) is 5.12. The van der Waals surface area contributed by atoms with E-state index in [9.17, 15) is 9.59 Å². The minimum Gasteiger partial charge on any atom is -0.337 e. The number of hydrogen-bond acceptors (Lipinski definition) is 3. The minimum absolute atomic E-state index is 0.140. The Kier molecular flexibility index (Phi) is 6.02. The molecule has 3 N–H and O–H groups in total. The number of carbonyl (C=O) groups is 2. The molecule has 0 atom stereocenters. The molecule has 1 aliphatic heterocycles. The molecule has 0 radical (unpaired) electrons. The summed E-state index contributed by atoms with van der Waals surface area (Å²) in [5, 5.41) is 12.8. The molecule has 3 aromatic rings. The van der Waals surface area contributed by atoms with Gasteiger partial charge in [-0.15, -0.1) is 0 Å². The predicted octanol–water partition coefficient (Wildman–Crippen LogP) is 3.79. The van der Waals surface area contributed by atoms with Gasteiger partial charge in [-0.3, -0.25) is 9.89 Å². The zero-order valence-corrected chi connectivity index (χ0v) is 17.9. The maximum absolute atomic E-state index is 12.4. The highest BCUT2D eigenvalue weighted by atomic mass is 16.2. The average molecular weight is 418 g/mol. The fourth-order valence-corrected chi connectivity index (χ4v) is 3.93. The number of aromatic nitrogens is 2. The van der Waals surface area contributed by atoms with Crippen molar-refractivity contribution in [3.05, 3.63) is 70.8 Å². The fraction of sp³-hybridized carbons (Fsp3) is 0.292. The second kappa shape index (κ2) is 9.04. The number of amides is 3. The van der Waals surface area contributed by atoms with Crippen LogP contribution in [0.4, 0.5) is 10.6 Å². The first-order valence-corrected chi connectivity index (χ1v) is 10.5. The summed E-state index contributed by atoms with van der Waals surface area (Å²) in [6.45, 7) is 5.66. The fourth-order valence-electron chi connectivity index (χ4n) is 3.93. The highest BCUT2D eigenvalue weighted by molar-refractivity contribution is 5.90. The number of anilines is 1. The van der Waals surface area contributed by atoms with Gasteiger partial charge in [0.2, 0.25) is 5.91 Å². The lowest BCUT2D eigenvalue weighted by Gasteiger charge is -2.28. The number of aryl methyl sites for hydroxylation is 2. The Labute approximate surface area is 181 Å². The molecule has 0 saturated heterocycles. The SMILES string of the molecule is Cc1cc(C)cc(-c2cc(NC(=O)CCNC(=O)N3CCc4ccccc4C3)n[nH]2)c1. The van der Waals surface area contributed by atoms with Crippen molar-refractivity contribution >= 4 is 17.8 Å².